The van der Waals surface area contributed by atoms with Crippen LogP contribution >= 0.6 is 46.9 Å². The van der Waals surface area contributed by atoms with Gasteiger partial charge in [0.1, 0.15) is 4.70 Å². The summed E-state index contributed by atoms with van der Waals surface area (Å²) in [5, 5.41) is 9.66. The fraction of sp³-hybridized carbons (Fsp3) is 0.0769. The third-order valence-electron chi connectivity index (χ3n) is 2.78. The standard InChI is InChI=1S/C13H7ClN4OS3/c14-7-1-3-8(4-2-7)18-10-9(22-13(18)20)11(19)17-12(16-10)21-6-5-15/h1-4H,6H2,(H,16,17,19). The average molecular weight is 367 g/mol. The van der Waals surface area contributed by atoms with Crippen molar-refractivity contribution >= 4 is 57.3 Å². The molecule has 0 radical (unpaired) electrons. The molecule has 0 fully saturated rings. The van der Waals surface area contributed by atoms with Gasteiger partial charge in [0.15, 0.2) is 14.8 Å². The zero-order valence-electron chi connectivity index (χ0n) is 10.9. The Kier molecular flexibility index (Phi) is 4.31. The number of nitrogens with zero attached hydrogens (tertiary/aromatic N) is 3. The number of halogens is 1. The van der Waals surface area contributed by atoms with Crippen molar-refractivity contribution < 1.29 is 0 Å². The van der Waals surface area contributed by atoms with E-state index in [2.05, 4.69) is 9.97 Å². The van der Waals surface area contributed by atoms with Crippen molar-refractivity contribution in [2.75, 3.05) is 5.75 Å². The molecule has 2 aromatic heterocycles. The van der Waals surface area contributed by atoms with Crippen LogP contribution in [0, 0.1) is 15.3 Å². The van der Waals surface area contributed by atoms with Crippen molar-refractivity contribution in [3.05, 3.63) is 43.6 Å². The molecule has 0 aliphatic rings. The quantitative estimate of drug-likeness (QED) is 0.434. The molecule has 110 valence electrons. The summed E-state index contributed by atoms with van der Waals surface area (Å²) in [6, 6.07) is 9.13. The van der Waals surface area contributed by atoms with E-state index >= 15 is 0 Å². The first-order valence-corrected chi connectivity index (χ1v) is 8.60. The number of nitriles is 1. The summed E-state index contributed by atoms with van der Waals surface area (Å²) in [6.07, 6.45) is 0. The Bertz CT molecular complexity index is 997. The molecule has 1 aromatic carbocycles. The first kappa shape index (κ1) is 15.2. The number of H-pyrrole nitrogens is 1. The first-order valence-electron chi connectivity index (χ1n) is 6.01. The second-order valence-corrected chi connectivity index (χ2v) is 7.20. The molecule has 0 saturated carbocycles. The van der Waals surface area contributed by atoms with Crippen LogP contribution in [0.3, 0.4) is 0 Å². The highest BCUT2D eigenvalue weighted by Crippen LogP contribution is 2.25. The lowest BCUT2D eigenvalue weighted by atomic mass is 10.3. The SMILES string of the molecule is N#CCSc1nc2c(sc(=S)n2-c2ccc(Cl)cc2)c(=O)[nH]1. The third-order valence-corrected chi connectivity index (χ3v) is 5.13. The van der Waals surface area contributed by atoms with Crippen molar-refractivity contribution in [3.8, 4) is 11.8 Å². The molecule has 0 atom stereocenters. The fourth-order valence-electron chi connectivity index (χ4n) is 1.88. The maximum absolute atomic E-state index is 12.2. The minimum atomic E-state index is -0.255. The van der Waals surface area contributed by atoms with E-state index in [9.17, 15) is 4.79 Å². The molecular weight excluding hydrogens is 360 g/mol. The molecule has 0 unspecified atom stereocenters. The van der Waals surface area contributed by atoms with E-state index in [1.54, 1.807) is 16.7 Å². The number of hydrogen-bond acceptors (Lipinski definition) is 6. The second-order valence-electron chi connectivity index (χ2n) is 4.15. The lowest BCUT2D eigenvalue weighted by Gasteiger charge is -2.05. The van der Waals surface area contributed by atoms with E-state index in [-0.39, 0.29) is 11.3 Å². The van der Waals surface area contributed by atoms with E-state index < -0.39 is 0 Å². The highest BCUT2D eigenvalue weighted by molar-refractivity contribution is 7.99. The molecule has 0 aliphatic carbocycles. The molecule has 5 nitrogen and oxygen atoms in total. The van der Waals surface area contributed by atoms with Crippen molar-refractivity contribution in [1.82, 2.24) is 14.5 Å². The smallest absolute Gasteiger partial charge is 0.271 e. The van der Waals surface area contributed by atoms with Gasteiger partial charge in [0.25, 0.3) is 5.56 Å². The summed E-state index contributed by atoms with van der Waals surface area (Å²) in [7, 11) is 0. The van der Waals surface area contributed by atoms with E-state index in [0.717, 1.165) is 5.69 Å². The van der Waals surface area contributed by atoms with Gasteiger partial charge in [-0.15, -0.1) is 0 Å². The lowest BCUT2D eigenvalue weighted by Crippen LogP contribution is -2.09. The van der Waals surface area contributed by atoms with Gasteiger partial charge in [0.05, 0.1) is 11.8 Å². The van der Waals surface area contributed by atoms with Gasteiger partial charge in [0, 0.05) is 10.7 Å². The number of hydrogen-bond donors (Lipinski definition) is 1. The lowest BCUT2D eigenvalue weighted by molar-refractivity contribution is 0.945. The number of rotatable bonds is 3. The Hall–Kier alpha value is -1.66. The van der Waals surface area contributed by atoms with Crippen LogP contribution in [0.25, 0.3) is 16.0 Å². The number of fused-ring (bicyclic) bond motifs is 1. The Morgan fingerprint density at radius 3 is 2.86 bits per heavy atom. The summed E-state index contributed by atoms with van der Waals surface area (Å²) in [4.78, 5) is 19.2. The molecule has 1 N–H and O–H groups in total. The maximum Gasteiger partial charge on any atom is 0.271 e. The number of thiazole rings is 1. The molecule has 2 heterocycles. The molecular formula is C13H7ClN4OS3. The van der Waals surface area contributed by atoms with E-state index in [1.165, 1.54) is 23.1 Å². The van der Waals surface area contributed by atoms with Gasteiger partial charge in [-0.1, -0.05) is 34.7 Å². The van der Waals surface area contributed by atoms with Crippen LogP contribution in [0.2, 0.25) is 5.02 Å². The van der Waals surface area contributed by atoms with Gasteiger partial charge in [-0.3, -0.25) is 9.36 Å². The Balaban J connectivity index is 2.26. The molecule has 3 aromatic rings. The summed E-state index contributed by atoms with van der Waals surface area (Å²) in [5.74, 6) is 0.209. The number of benzene rings is 1. The van der Waals surface area contributed by atoms with Gasteiger partial charge in [-0.25, -0.2) is 4.98 Å². The first-order chi connectivity index (χ1) is 10.6. The second kappa shape index (κ2) is 6.22. The topological polar surface area (TPSA) is 74.5 Å². The van der Waals surface area contributed by atoms with Gasteiger partial charge in [-0.2, -0.15) is 5.26 Å². The van der Waals surface area contributed by atoms with Crippen LogP contribution < -0.4 is 5.56 Å². The molecule has 22 heavy (non-hydrogen) atoms. The molecule has 9 heteroatoms. The summed E-state index contributed by atoms with van der Waals surface area (Å²) in [5.41, 5.74) is 1.02. The third kappa shape index (κ3) is 2.80. The van der Waals surface area contributed by atoms with Crippen molar-refractivity contribution in [3.63, 3.8) is 0 Å². The number of aromatic nitrogens is 3. The Morgan fingerprint density at radius 1 is 1.45 bits per heavy atom. The van der Waals surface area contributed by atoms with Gasteiger partial charge < -0.3 is 4.98 Å². The van der Waals surface area contributed by atoms with Crippen molar-refractivity contribution in [2.45, 2.75) is 5.16 Å². The predicted molar refractivity (Wildman–Crippen MR) is 91.7 cm³/mol. The van der Waals surface area contributed by atoms with Crippen LogP contribution in [0.1, 0.15) is 0 Å². The highest BCUT2D eigenvalue weighted by atomic mass is 35.5. The van der Waals surface area contributed by atoms with Gasteiger partial charge in [0.2, 0.25) is 0 Å². The maximum atomic E-state index is 12.2. The molecule has 0 bridgehead atoms. The molecule has 0 saturated heterocycles. The van der Waals surface area contributed by atoms with Gasteiger partial charge >= 0.3 is 0 Å². The van der Waals surface area contributed by atoms with E-state index in [0.29, 0.717) is 24.5 Å². The number of thioether (sulfide) groups is 1. The van der Waals surface area contributed by atoms with Crippen molar-refractivity contribution in [1.29, 1.82) is 5.26 Å². The monoisotopic (exact) mass is 366 g/mol. The zero-order valence-corrected chi connectivity index (χ0v) is 14.1. The summed E-state index contributed by atoms with van der Waals surface area (Å²) >= 11 is 13.6. The van der Waals surface area contributed by atoms with Gasteiger partial charge in [-0.05, 0) is 36.5 Å². The van der Waals surface area contributed by atoms with Crippen LogP contribution in [-0.4, -0.2) is 20.3 Å². The molecule has 3 rings (SSSR count). The predicted octanol–water partition coefficient (Wildman–Crippen LogP) is 3.77. The average Bonchev–Trinajstić information content (AvgIpc) is 2.83. The van der Waals surface area contributed by atoms with Crippen LogP contribution in [0.4, 0.5) is 0 Å². The molecule has 0 amide bonds. The van der Waals surface area contributed by atoms with E-state index in [1.807, 2.05) is 18.2 Å². The highest BCUT2D eigenvalue weighted by Gasteiger charge is 2.13. The summed E-state index contributed by atoms with van der Waals surface area (Å²) in [6.45, 7) is 0. The van der Waals surface area contributed by atoms with Crippen LogP contribution in [-0.2, 0) is 0 Å². The van der Waals surface area contributed by atoms with Crippen LogP contribution in [0.15, 0.2) is 34.2 Å². The van der Waals surface area contributed by atoms with Crippen LogP contribution in [0.5, 0.6) is 0 Å². The Morgan fingerprint density at radius 2 is 2.18 bits per heavy atom. The van der Waals surface area contributed by atoms with Crippen molar-refractivity contribution in [2.24, 2.45) is 0 Å². The molecule has 0 aliphatic heterocycles. The Labute approximate surface area is 143 Å². The number of nitrogens with one attached hydrogen (secondary N) is 1. The normalized spacial score (nSPS) is 10.7. The zero-order chi connectivity index (χ0) is 15.7. The largest absolute Gasteiger partial charge is 0.300 e. The minimum Gasteiger partial charge on any atom is -0.300 e. The van der Waals surface area contributed by atoms with E-state index in [4.69, 9.17) is 29.1 Å². The fourth-order valence-corrected chi connectivity index (χ4v) is 3.79. The molecule has 0 spiro atoms. The summed E-state index contributed by atoms with van der Waals surface area (Å²) < 4.78 is 2.72. The number of aromatic amines is 1. The minimum absolute atomic E-state index is 0.209.